The van der Waals surface area contributed by atoms with E-state index in [0.717, 1.165) is 28.6 Å². The molecule has 0 radical (unpaired) electrons. The van der Waals surface area contributed by atoms with Crippen LogP contribution >= 0.6 is 15.9 Å². The third-order valence-electron chi connectivity index (χ3n) is 3.50. The van der Waals surface area contributed by atoms with E-state index in [1.807, 2.05) is 42.5 Å². The van der Waals surface area contributed by atoms with Crippen molar-refractivity contribution in [2.24, 2.45) is 0 Å². The Morgan fingerprint density at radius 1 is 1.20 bits per heavy atom. The number of nitrogens with one attached hydrogen (secondary N) is 1. The van der Waals surface area contributed by atoms with E-state index in [9.17, 15) is 4.79 Å². The van der Waals surface area contributed by atoms with Crippen LogP contribution in [0, 0.1) is 0 Å². The molecule has 5 heteroatoms. The lowest BCUT2D eigenvalue weighted by atomic mass is 10.2. The topological polar surface area (TPSA) is 47.6 Å². The second-order valence-corrected chi connectivity index (χ2v) is 6.27. The molecule has 0 spiro atoms. The van der Waals surface area contributed by atoms with Crippen LogP contribution in [-0.2, 0) is 4.79 Å². The van der Waals surface area contributed by atoms with E-state index in [1.165, 1.54) is 6.08 Å². The van der Waals surface area contributed by atoms with Crippen molar-refractivity contribution >= 4 is 33.6 Å². The Labute approximate surface area is 157 Å². The smallest absolute Gasteiger partial charge is 0.248 e. The van der Waals surface area contributed by atoms with Crippen LogP contribution in [0.4, 0.5) is 5.69 Å². The first-order chi connectivity index (χ1) is 12.1. The molecule has 0 atom stereocenters. The third-order valence-corrected chi connectivity index (χ3v) is 4.12. The number of rotatable bonds is 8. The van der Waals surface area contributed by atoms with E-state index in [-0.39, 0.29) is 5.91 Å². The van der Waals surface area contributed by atoms with Crippen LogP contribution in [0.5, 0.6) is 11.5 Å². The normalized spacial score (nSPS) is 10.7. The van der Waals surface area contributed by atoms with Crippen LogP contribution in [0.25, 0.3) is 6.08 Å². The molecule has 0 bridgehead atoms. The van der Waals surface area contributed by atoms with Crippen molar-refractivity contribution in [3.05, 3.63) is 58.6 Å². The Morgan fingerprint density at radius 3 is 2.72 bits per heavy atom. The number of para-hydroxylation sites is 2. The molecule has 2 aromatic rings. The lowest BCUT2D eigenvalue weighted by Crippen LogP contribution is -2.09. The molecule has 0 saturated heterocycles. The molecule has 132 valence electrons. The first-order valence-corrected chi connectivity index (χ1v) is 8.97. The van der Waals surface area contributed by atoms with Gasteiger partial charge in [-0.05, 0) is 58.3 Å². The summed E-state index contributed by atoms with van der Waals surface area (Å²) in [6, 6.07) is 13.1. The van der Waals surface area contributed by atoms with Gasteiger partial charge in [-0.2, -0.15) is 0 Å². The van der Waals surface area contributed by atoms with Crippen molar-refractivity contribution in [2.45, 2.75) is 19.8 Å². The number of unbranched alkanes of at least 4 members (excludes halogenated alkanes) is 1. The average Bonchev–Trinajstić information content (AvgIpc) is 2.62. The SMILES string of the molecule is CCCCOc1ccccc1NC(=O)C=Cc1ccc(OC)c(Br)c1. The summed E-state index contributed by atoms with van der Waals surface area (Å²) in [5, 5.41) is 2.86. The minimum atomic E-state index is -0.210. The predicted octanol–water partition coefficient (Wildman–Crippen LogP) is 5.29. The molecule has 0 aromatic heterocycles. The van der Waals surface area contributed by atoms with E-state index < -0.39 is 0 Å². The fourth-order valence-electron chi connectivity index (χ4n) is 2.15. The molecular weight excluding hydrogens is 382 g/mol. The predicted molar refractivity (Wildman–Crippen MR) is 105 cm³/mol. The number of carbonyl (C=O) groups excluding carboxylic acids is 1. The monoisotopic (exact) mass is 403 g/mol. The maximum Gasteiger partial charge on any atom is 0.248 e. The lowest BCUT2D eigenvalue weighted by molar-refractivity contribution is -0.111. The highest BCUT2D eigenvalue weighted by atomic mass is 79.9. The molecule has 1 amide bonds. The zero-order chi connectivity index (χ0) is 18.1. The van der Waals surface area contributed by atoms with Gasteiger partial charge in [-0.25, -0.2) is 0 Å². The van der Waals surface area contributed by atoms with Crippen molar-refractivity contribution in [1.29, 1.82) is 0 Å². The van der Waals surface area contributed by atoms with Gasteiger partial charge >= 0.3 is 0 Å². The average molecular weight is 404 g/mol. The third kappa shape index (κ3) is 5.94. The molecule has 4 nitrogen and oxygen atoms in total. The van der Waals surface area contributed by atoms with E-state index in [2.05, 4.69) is 28.2 Å². The molecule has 0 saturated carbocycles. The van der Waals surface area contributed by atoms with Gasteiger partial charge < -0.3 is 14.8 Å². The Morgan fingerprint density at radius 2 is 2.00 bits per heavy atom. The highest BCUT2D eigenvalue weighted by molar-refractivity contribution is 9.10. The molecule has 2 rings (SSSR count). The molecule has 0 aliphatic carbocycles. The summed E-state index contributed by atoms with van der Waals surface area (Å²) in [5.41, 5.74) is 1.57. The molecule has 0 aliphatic rings. The number of benzene rings is 2. The number of carbonyl (C=O) groups is 1. The lowest BCUT2D eigenvalue weighted by Gasteiger charge is -2.11. The summed E-state index contributed by atoms with van der Waals surface area (Å²) in [6.07, 6.45) is 5.29. The molecular formula is C20H22BrNO3. The Kier molecular flexibility index (Phi) is 7.54. The van der Waals surface area contributed by atoms with Gasteiger partial charge in [-0.15, -0.1) is 0 Å². The molecule has 1 N–H and O–H groups in total. The maximum absolute atomic E-state index is 12.2. The summed E-state index contributed by atoms with van der Waals surface area (Å²) in [5.74, 6) is 1.23. The number of halogens is 1. The van der Waals surface area contributed by atoms with Gasteiger partial charge in [-0.1, -0.05) is 31.5 Å². The van der Waals surface area contributed by atoms with Crippen molar-refractivity contribution in [3.63, 3.8) is 0 Å². The van der Waals surface area contributed by atoms with Crippen molar-refractivity contribution in [2.75, 3.05) is 19.0 Å². The number of anilines is 1. The quantitative estimate of drug-likeness (QED) is 0.481. The fourth-order valence-corrected chi connectivity index (χ4v) is 2.71. The molecule has 0 unspecified atom stereocenters. The minimum Gasteiger partial charge on any atom is -0.496 e. The highest BCUT2D eigenvalue weighted by Gasteiger charge is 2.05. The summed E-state index contributed by atoms with van der Waals surface area (Å²) < 4.78 is 11.8. The van der Waals surface area contributed by atoms with Crippen LogP contribution in [0.2, 0.25) is 0 Å². The van der Waals surface area contributed by atoms with E-state index in [4.69, 9.17) is 9.47 Å². The largest absolute Gasteiger partial charge is 0.496 e. The standard InChI is InChI=1S/C20H22BrNO3/c1-3-4-13-25-19-8-6-5-7-17(19)22-20(23)12-10-15-9-11-18(24-2)16(21)14-15/h5-12,14H,3-4,13H2,1-2H3,(H,22,23). The molecule has 0 aliphatic heterocycles. The number of amides is 1. The van der Waals surface area contributed by atoms with Gasteiger partial charge in [0.2, 0.25) is 5.91 Å². The van der Waals surface area contributed by atoms with E-state index >= 15 is 0 Å². The first-order valence-electron chi connectivity index (χ1n) is 8.18. The molecule has 25 heavy (non-hydrogen) atoms. The second kappa shape index (κ2) is 9.89. The van der Waals surface area contributed by atoms with Crippen LogP contribution < -0.4 is 14.8 Å². The van der Waals surface area contributed by atoms with Gasteiger partial charge in [0.05, 0.1) is 23.9 Å². The number of ether oxygens (including phenoxy) is 2. The number of hydrogen-bond acceptors (Lipinski definition) is 3. The van der Waals surface area contributed by atoms with Gasteiger partial charge in [0.25, 0.3) is 0 Å². The first kappa shape index (κ1) is 19.1. The van der Waals surface area contributed by atoms with Gasteiger partial charge in [0, 0.05) is 6.08 Å². The minimum absolute atomic E-state index is 0.210. The Balaban J connectivity index is 2.01. The highest BCUT2D eigenvalue weighted by Crippen LogP contribution is 2.26. The van der Waals surface area contributed by atoms with Gasteiger partial charge in [-0.3, -0.25) is 4.79 Å². The Bertz CT molecular complexity index is 743. The second-order valence-electron chi connectivity index (χ2n) is 5.41. The summed E-state index contributed by atoms with van der Waals surface area (Å²) in [6.45, 7) is 2.75. The molecule has 2 aromatic carbocycles. The van der Waals surface area contributed by atoms with Crippen LogP contribution in [-0.4, -0.2) is 19.6 Å². The van der Waals surface area contributed by atoms with Crippen LogP contribution in [0.1, 0.15) is 25.3 Å². The maximum atomic E-state index is 12.2. The molecule has 0 heterocycles. The zero-order valence-electron chi connectivity index (χ0n) is 14.4. The van der Waals surface area contributed by atoms with Crippen LogP contribution in [0.3, 0.4) is 0 Å². The van der Waals surface area contributed by atoms with Gasteiger partial charge in [0.15, 0.2) is 0 Å². The molecule has 0 fully saturated rings. The number of hydrogen-bond donors (Lipinski definition) is 1. The summed E-state index contributed by atoms with van der Waals surface area (Å²) in [7, 11) is 1.61. The van der Waals surface area contributed by atoms with Crippen LogP contribution in [0.15, 0.2) is 53.0 Å². The zero-order valence-corrected chi connectivity index (χ0v) is 16.0. The van der Waals surface area contributed by atoms with E-state index in [0.29, 0.717) is 18.0 Å². The van der Waals surface area contributed by atoms with Gasteiger partial charge in [0.1, 0.15) is 11.5 Å². The summed E-state index contributed by atoms with van der Waals surface area (Å²) >= 11 is 3.43. The van der Waals surface area contributed by atoms with Crippen molar-refractivity contribution in [3.8, 4) is 11.5 Å². The van der Waals surface area contributed by atoms with E-state index in [1.54, 1.807) is 13.2 Å². The Hall–Kier alpha value is -2.27. The fraction of sp³-hybridized carbons (Fsp3) is 0.250. The number of methoxy groups -OCH3 is 1. The van der Waals surface area contributed by atoms with Crippen molar-refractivity contribution in [1.82, 2.24) is 0 Å². The van der Waals surface area contributed by atoms with Crippen molar-refractivity contribution < 1.29 is 14.3 Å². The summed E-state index contributed by atoms with van der Waals surface area (Å²) in [4.78, 5) is 12.2.